The smallest absolute Gasteiger partial charge is 0.223 e. The lowest BCUT2D eigenvalue weighted by molar-refractivity contribution is -0.125. The fourth-order valence-electron chi connectivity index (χ4n) is 2.67. The Balaban J connectivity index is 1.65. The fourth-order valence-corrected chi connectivity index (χ4v) is 3.37. The van der Waals surface area contributed by atoms with Crippen LogP contribution in [0.2, 0.25) is 0 Å². The molecule has 1 N–H and O–H groups in total. The molecule has 2 aromatic rings. The maximum Gasteiger partial charge on any atom is 0.223 e. The number of thiophene rings is 1. The third-order valence-corrected chi connectivity index (χ3v) is 4.58. The molecule has 2 atom stereocenters. The lowest BCUT2D eigenvalue weighted by Crippen LogP contribution is -2.36. The maximum atomic E-state index is 12.3. The Bertz CT molecular complexity index is 555. The van der Waals surface area contributed by atoms with Gasteiger partial charge in [-0.2, -0.15) is 16.4 Å². The van der Waals surface area contributed by atoms with Gasteiger partial charge in [-0.15, -0.1) is 0 Å². The van der Waals surface area contributed by atoms with Gasteiger partial charge in [-0.25, -0.2) is 0 Å². The van der Waals surface area contributed by atoms with E-state index in [1.807, 2.05) is 16.9 Å². The van der Waals surface area contributed by atoms with Crippen LogP contribution in [0.15, 0.2) is 47.4 Å². The monoisotopic (exact) mass is 301 g/mol. The number of hydrogen-bond acceptors (Lipinski definition) is 3. The lowest BCUT2D eigenvalue weighted by Gasteiger charge is -2.21. The molecule has 0 radical (unpaired) electrons. The summed E-state index contributed by atoms with van der Waals surface area (Å²) in [5.41, 5.74) is 1.19. The molecule has 1 amide bonds. The predicted molar refractivity (Wildman–Crippen MR) is 84.2 cm³/mol. The summed E-state index contributed by atoms with van der Waals surface area (Å²) in [7, 11) is 0. The molecule has 0 aliphatic heterocycles. The van der Waals surface area contributed by atoms with E-state index in [1.165, 1.54) is 5.56 Å². The van der Waals surface area contributed by atoms with Crippen molar-refractivity contribution in [3.63, 3.8) is 0 Å². The summed E-state index contributed by atoms with van der Waals surface area (Å²) in [6, 6.07) is 4.06. The highest BCUT2D eigenvalue weighted by atomic mass is 32.1. The van der Waals surface area contributed by atoms with E-state index in [0.29, 0.717) is 6.54 Å². The Hall–Kier alpha value is -1.88. The van der Waals surface area contributed by atoms with Crippen molar-refractivity contribution < 1.29 is 4.79 Å². The zero-order valence-corrected chi connectivity index (χ0v) is 12.6. The molecule has 0 bridgehead atoms. The van der Waals surface area contributed by atoms with Gasteiger partial charge in [-0.1, -0.05) is 12.2 Å². The molecule has 21 heavy (non-hydrogen) atoms. The van der Waals surface area contributed by atoms with Crippen LogP contribution >= 0.6 is 11.3 Å². The van der Waals surface area contributed by atoms with Crippen molar-refractivity contribution in [1.29, 1.82) is 0 Å². The van der Waals surface area contributed by atoms with E-state index in [9.17, 15) is 4.79 Å². The van der Waals surface area contributed by atoms with E-state index in [2.05, 4.69) is 39.4 Å². The van der Waals surface area contributed by atoms with Gasteiger partial charge >= 0.3 is 0 Å². The number of hydrogen-bond donors (Lipinski definition) is 1. The van der Waals surface area contributed by atoms with Gasteiger partial charge in [0.2, 0.25) is 5.91 Å². The molecule has 2 unspecified atom stereocenters. The molecule has 1 aliphatic carbocycles. The van der Waals surface area contributed by atoms with Crippen molar-refractivity contribution in [1.82, 2.24) is 15.1 Å². The molecule has 0 spiro atoms. The number of rotatable bonds is 5. The number of nitrogens with zero attached hydrogens (tertiary/aromatic N) is 2. The number of aromatic nitrogens is 2. The molecular weight excluding hydrogens is 282 g/mol. The van der Waals surface area contributed by atoms with Crippen LogP contribution in [0, 0.1) is 5.92 Å². The molecule has 0 saturated carbocycles. The van der Waals surface area contributed by atoms with Crippen LogP contribution < -0.4 is 5.32 Å². The van der Waals surface area contributed by atoms with E-state index >= 15 is 0 Å². The molecule has 110 valence electrons. The molecule has 0 aromatic carbocycles. The average molecular weight is 301 g/mol. The topological polar surface area (TPSA) is 46.9 Å². The third-order valence-electron chi connectivity index (χ3n) is 3.88. The van der Waals surface area contributed by atoms with E-state index in [0.717, 1.165) is 19.3 Å². The first-order valence-electron chi connectivity index (χ1n) is 7.28. The summed E-state index contributed by atoms with van der Waals surface area (Å²) in [4.78, 5) is 12.3. The van der Waals surface area contributed by atoms with Crippen LogP contribution in [0.25, 0.3) is 0 Å². The predicted octanol–water partition coefficient (Wildman–Crippen LogP) is 3.01. The summed E-state index contributed by atoms with van der Waals surface area (Å²) in [6.45, 7) is 0.581. The number of carbonyl (C=O) groups is 1. The van der Waals surface area contributed by atoms with Crippen molar-refractivity contribution in [2.45, 2.75) is 25.3 Å². The van der Waals surface area contributed by atoms with Crippen molar-refractivity contribution in [3.8, 4) is 0 Å². The quantitative estimate of drug-likeness (QED) is 0.863. The van der Waals surface area contributed by atoms with Crippen molar-refractivity contribution in [2.75, 3.05) is 6.54 Å². The summed E-state index contributed by atoms with van der Waals surface area (Å²) < 4.78 is 1.91. The Morgan fingerprint density at radius 1 is 1.52 bits per heavy atom. The van der Waals surface area contributed by atoms with Crippen molar-refractivity contribution >= 4 is 17.2 Å². The zero-order chi connectivity index (χ0) is 14.5. The number of amides is 1. The normalized spacial score (nSPS) is 19.3. The molecule has 0 fully saturated rings. The van der Waals surface area contributed by atoms with Gasteiger partial charge in [0.15, 0.2) is 0 Å². The SMILES string of the molecule is O=C(NCC(c1ccsc1)n1cccn1)C1CC=CCC1. The zero-order valence-electron chi connectivity index (χ0n) is 11.8. The Morgan fingerprint density at radius 2 is 2.48 bits per heavy atom. The molecule has 4 nitrogen and oxygen atoms in total. The second kappa shape index (κ2) is 6.72. The lowest BCUT2D eigenvalue weighted by atomic mass is 9.93. The highest BCUT2D eigenvalue weighted by molar-refractivity contribution is 7.07. The highest BCUT2D eigenvalue weighted by Gasteiger charge is 2.21. The van der Waals surface area contributed by atoms with Crippen LogP contribution in [-0.2, 0) is 4.79 Å². The van der Waals surface area contributed by atoms with E-state index in [-0.39, 0.29) is 17.9 Å². The first-order valence-corrected chi connectivity index (χ1v) is 8.23. The Labute approximate surface area is 128 Å². The summed E-state index contributed by atoms with van der Waals surface area (Å²) >= 11 is 1.66. The number of carbonyl (C=O) groups excluding carboxylic acids is 1. The molecule has 2 aromatic heterocycles. The second-order valence-corrected chi connectivity index (χ2v) is 6.07. The molecule has 2 heterocycles. The second-order valence-electron chi connectivity index (χ2n) is 5.29. The fraction of sp³-hybridized carbons (Fsp3) is 0.375. The van der Waals surface area contributed by atoms with Crippen LogP contribution in [-0.4, -0.2) is 22.2 Å². The molecule has 5 heteroatoms. The van der Waals surface area contributed by atoms with Gasteiger partial charge < -0.3 is 5.32 Å². The average Bonchev–Trinajstić information content (AvgIpc) is 3.22. The summed E-state index contributed by atoms with van der Waals surface area (Å²) in [5.74, 6) is 0.280. The molecule has 1 aliphatic rings. The van der Waals surface area contributed by atoms with E-state index in [1.54, 1.807) is 17.5 Å². The molecular formula is C16H19N3OS. The highest BCUT2D eigenvalue weighted by Crippen LogP contribution is 2.21. The van der Waals surface area contributed by atoms with Gasteiger partial charge in [0.1, 0.15) is 0 Å². The number of nitrogens with one attached hydrogen (secondary N) is 1. The van der Waals surface area contributed by atoms with Crippen molar-refractivity contribution in [2.24, 2.45) is 5.92 Å². The van der Waals surface area contributed by atoms with Gasteiger partial charge in [0, 0.05) is 24.9 Å². The van der Waals surface area contributed by atoms with Crippen LogP contribution in [0.3, 0.4) is 0 Å². The molecule has 0 saturated heterocycles. The minimum Gasteiger partial charge on any atom is -0.353 e. The van der Waals surface area contributed by atoms with E-state index in [4.69, 9.17) is 0 Å². The minimum atomic E-state index is 0.0642. The summed E-state index contributed by atoms with van der Waals surface area (Å²) in [6.07, 6.45) is 10.8. The van der Waals surface area contributed by atoms with Gasteiger partial charge in [-0.05, 0) is 47.7 Å². The first-order chi connectivity index (χ1) is 10.3. The van der Waals surface area contributed by atoms with Crippen LogP contribution in [0.4, 0.5) is 0 Å². The van der Waals surface area contributed by atoms with Gasteiger partial charge in [0.25, 0.3) is 0 Å². The van der Waals surface area contributed by atoms with Crippen LogP contribution in [0.5, 0.6) is 0 Å². The van der Waals surface area contributed by atoms with Gasteiger partial charge in [-0.3, -0.25) is 9.48 Å². The third kappa shape index (κ3) is 3.42. The Morgan fingerprint density at radius 3 is 3.14 bits per heavy atom. The minimum absolute atomic E-state index is 0.0642. The standard InChI is InChI=1S/C16H19N3OS/c20-16(13-5-2-1-3-6-13)17-11-15(14-7-10-21-12-14)19-9-4-8-18-19/h1-2,4,7-10,12-13,15H,3,5-6,11H2,(H,17,20). The van der Waals surface area contributed by atoms with Crippen LogP contribution in [0.1, 0.15) is 30.9 Å². The van der Waals surface area contributed by atoms with Crippen molar-refractivity contribution in [3.05, 3.63) is 53.0 Å². The van der Waals surface area contributed by atoms with Gasteiger partial charge in [0.05, 0.1) is 6.04 Å². The van der Waals surface area contributed by atoms with E-state index < -0.39 is 0 Å². The maximum absolute atomic E-state index is 12.3. The summed E-state index contributed by atoms with van der Waals surface area (Å²) in [5, 5.41) is 11.6. The first kappa shape index (κ1) is 14.1. The Kier molecular flexibility index (Phi) is 4.50. The molecule has 3 rings (SSSR count). The number of allylic oxidation sites excluding steroid dienone is 2. The largest absolute Gasteiger partial charge is 0.353 e.